The lowest BCUT2D eigenvalue weighted by Gasteiger charge is -2.29. The Bertz CT molecular complexity index is 2430. The minimum Gasteiger partial charge on any atom is -0.496 e. The van der Waals surface area contributed by atoms with E-state index in [4.69, 9.17) is 18.9 Å². The highest BCUT2D eigenvalue weighted by Crippen LogP contribution is 2.44. The molecule has 8 bridgehead atoms. The zero-order valence-corrected chi connectivity index (χ0v) is 46.4. The number of hydrogen-bond acceptors (Lipinski definition) is 8. The molecule has 1 aliphatic rings. The molecule has 2 heterocycles. The van der Waals surface area contributed by atoms with Crippen LogP contribution in [0.4, 0.5) is 0 Å². The normalized spacial score (nSPS) is 13.3. The van der Waals surface area contributed by atoms with E-state index in [0.717, 1.165) is 120 Å². The molecule has 0 unspecified atom stereocenters. The number of fused-ring (bicyclic) bond motifs is 8. The second kappa shape index (κ2) is 23.1. The van der Waals surface area contributed by atoms with Crippen molar-refractivity contribution in [3.8, 4) is 23.0 Å². The van der Waals surface area contributed by atoms with Crippen LogP contribution in [0.3, 0.4) is 0 Å². The molecule has 10 heteroatoms. The second-order valence-electron chi connectivity index (χ2n) is 24.1. The van der Waals surface area contributed by atoms with Gasteiger partial charge in [-0.15, -0.1) is 0 Å². The van der Waals surface area contributed by atoms with Crippen LogP contribution in [0.2, 0.25) is 0 Å². The van der Waals surface area contributed by atoms with Crippen molar-refractivity contribution in [3.05, 3.63) is 153 Å². The molecule has 10 nitrogen and oxygen atoms in total. The summed E-state index contributed by atoms with van der Waals surface area (Å²) in [5, 5.41) is 7.31. The third-order valence-electron chi connectivity index (χ3n) is 14.1. The SMILES string of the molecule is COc1c2cc(C(C)(C)C)cc1Cc1cc(C(C)(C)C)cc(c1OCCNCCCn1ccnc1)Cc1cc(C(C)(C)C)cc(c1OC)Cc1cc(C(C)(C)C)cc(c1OCCNCCCn1ccnc1)C2. The van der Waals surface area contributed by atoms with Crippen LogP contribution in [0, 0.1) is 0 Å². The Labute approximate surface area is 432 Å². The molecule has 0 amide bonds. The largest absolute Gasteiger partial charge is 0.496 e. The van der Waals surface area contributed by atoms with E-state index < -0.39 is 0 Å². The summed E-state index contributed by atoms with van der Waals surface area (Å²) in [4.78, 5) is 8.41. The van der Waals surface area contributed by atoms with Crippen molar-refractivity contribution in [2.24, 2.45) is 0 Å². The Morgan fingerprint density at radius 1 is 0.417 bits per heavy atom. The Hall–Kier alpha value is -5.58. The van der Waals surface area contributed by atoms with Gasteiger partial charge in [-0.3, -0.25) is 0 Å². The standard InChI is InChI=1S/C62H86N6O4/c1-59(2,3)51-33-43-29-47-37-53(61(7,8)9)39-49(57(47)71-27-21-63-17-15-23-67-25-19-65-41-67)31-45-35-52(60(4,5)6)36-46(56(45)70-14)32-50-40-54(62(10,11)12)38-48(30-44(34-51)55(43)69-13)58(50)72-28-22-64-18-16-24-68-26-20-66-42-68/h19-20,25-26,33-42,63-64H,15-18,21-24,27-32H2,1-14H3. The number of nitrogens with zero attached hydrogens (tertiary/aromatic N) is 4. The molecule has 2 N–H and O–H groups in total. The maximum atomic E-state index is 7.12. The number of rotatable bonds is 18. The van der Waals surface area contributed by atoms with Crippen LogP contribution in [0.25, 0.3) is 0 Å². The third kappa shape index (κ3) is 13.9. The average Bonchev–Trinajstić information content (AvgIpc) is 4.03. The van der Waals surface area contributed by atoms with Gasteiger partial charge in [0.15, 0.2) is 0 Å². The van der Waals surface area contributed by atoms with E-state index in [0.29, 0.717) is 38.9 Å². The quantitative estimate of drug-likeness (QED) is 0.0821. The molecule has 6 aromatic rings. The molecule has 0 fully saturated rings. The molecule has 0 spiro atoms. The maximum absolute atomic E-state index is 7.12. The molecule has 0 radical (unpaired) electrons. The van der Waals surface area contributed by atoms with Crippen LogP contribution >= 0.6 is 0 Å². The number of aromatic nitrogens is 4. The predicted octanol–water partition coefficient (Wildman–Crippen LogP) is 12.1. The van der Waals surface area contributed by atoms with Gasteiger partial charge >= 0.3 is 0 Å². The lowest BCUT2D eigenvalue weighted by molar-refractivity contribution is 0.307. The first-order valence-electron chi connectivity index (χ1n) is 26.4. The van der Waals surface area contributed by atoms with Crippen molar-refractivity contribution in [2.45, 2.75) is 156 Å². The third-order valence-corrected chi connectivity index (χ3v) is 14.1. The number of hydrogen-bond donors (Lipinski definition) is 2. The Morgan fingerprint density at radius 3 is 0.931 bits per heavy atom. The molecular formula is C62H86N6O4. The fraction of sp³-hybridized carbons (Fsp3) is 0.516. The summed E-state index contributed by atoms with van der Waals surface area (Å²) in [5.74, 6) is 3.71. The van der Waals surface area contributed by atoms with E-state index in [-0.39, 0.29) is 21.7 Å². The van der Waals surface area contributed by atoms with Crippen LogP contribution in [-0.4, -0.2) is 72.7 Å². The van der Waals surface area contributed by atoms with Crippen LogP contribution in [-0.2, 0) is 60.4 Å². The number of imidazole rings is 2. The molecule has 2 aromatic heterocycles. The summed E-state index contributed by atoms with van der Waals surface area (Å²) >= 11 is 0. The van der Waals surface area contributed by atoms with Crippen LogP contribution in [0.5, 0.6) is 23.0 Å². The number of benzene rings is 4. The summed E-state index contributed by atoms with van der Waals surface area (Å²) in [6, 6.07) is 19.1. The smallest absolute Gasteiger partial charge is 0.126 e. The molecule has 1 aliphatic carbocycles. The zero-order valence-electron chi connectivity index (χ0n) is 46.4. The summed E-state index contributed by atoms with van der Waals surface area (Å²) in [5.41, 5.74) is 13.8. The van der Waals surface area contributed by atoms with Crippen LogP contribution in [0.15, 0.2) is 86.0 Å². The van der Waals surface area contributed by atoms with Gasteiger partial charge in [0.1, 0.15) is 36.2 Å². The Kier molecular flexibility index (Phi) is 17.4. The molecule has 0 saturated heterocycles. The summed E-state index contributed by atoms with van der Waals surface area (Å²) in [6.07, 6.45) is 16.0. The number of nitrogens with one attached hydrogen (secondary N) is 2. The number of aryl methyl sites for hydroxylation is 2. The van der Waals surface area contributed by atoms with Crippen LogP contribution in [0.1, 0.15) is 163 Å². The first-order chi connectivity index (χ1) is 34.1. The van der Waals surface area contributed by atoms with Crippen molar-refractivity contribution in [3.63, 3.8) is 0 Å². The van der Waals surface area contributed by atoms with E-state index in [1.165, 1.54) is 22.3 Å². The molecule has 72 heavy (non-hydrogen) atoms. The maximum Gasteiger partial charge on any atom is 0.126 e. The molecular weight excluding hydrogens is 893 g/mol. The number of methoxy groups -OCH3 is 2. The number of ether oxygens (including phenoxy) is 4. The van der Waals surface area contributed by atoms with Gasteiger partial charge in [-0.25, -0.2) is 9.97 Å². The summed E-state index contributed by atoms with van der Waals surface area (Å²) in [6.45, 7) is 33.9. The first-order valence-corrected chi connectivity index (χ1v) is 26.4. The van der Waals surface area contributed by atoms with Crippen molar-refractivity contribution >= 4 is 0 Å². The zero-order chi connectivity index (χ0) is 51.8. The van der Waals surface area contributed by atoms with Gasteiger partial charge in [0.05, 0.1) is 26.9 Å². The van der Waals surface area contributed by atoms with Crippen molar-refractivity contribution < 1.29 is 18.9 Å². The van der Waals surface area contributed by atoms with E-state index in [1.54, 1.807) is 0 Å². The molecule has 388 valence electrons. The molecule has 7 rings (SSSR count). The van der Waals surface area contributed by atoms with Crippen molar-refractivity contribution in [1.82, 2.24) is 29.7 Å². The van der Waals surface area contributed by atoms with Crippen molar-refractivity contribution in [2.75, 3.05) is 53.6 Å². The highest BCUT2D eigenvalue weighted by atomic mass is 16.5. The monoisotopic (exact) mass is 979 g/mol. The topological polar surface area (TPSA) is 96.6 Å². The minimum absolute atomic E-state index is 0.120. The van der Waals surface area contributed by atoms with E-state index in [9.17, 15) is 0 Å². The van der Waals surface area contributed by atoms with E-state index in [1.807, 2.05) is 51.7 Å². The van der Waals surface area contributed by atoms with Gasteiger partial charge in [0, 0.05) is 76.6 Å². The van der Waals surface area contributed by atoms with Gasteiger partial charge in [-0.2, -0.15) is 0 Å². The summed E-state index contributed by atoms with van der Waals surface area (Å²) in [7, 11) is 3.67. The van der Waals surface area contributed by atoms with Gasteiger partial charge in [-0.1, -0.05) is 132 Å². The van der Waals surface area contributed by atoms with Gasteiger partial charge < -0.3 is 38.7 Å². The van der Waals surface area contributed by atoms with Crippen molar-refractivity contribution in [1.29, 1.82) is 0 Å². The van der Waals surface area contributed by atoms with E-state index in [2.05, 4.69) is 161 Å². The average molecular weight is 979 g/mol. The molecule has 4 aromatic carbocycles. The molecule has 0 aliphatic heterocycles. The Morgan fingerprint density at radius 2 is 0.694 bits per heavy atom. The van der Waals surface area contributed by atoms with E-state index >= 15 is 0 Å². The minimum atomic E-state index is -0.122. The van der Waals surface area contributed by atoms with Gasteiger partial charge in [0.2, 0.25) is 0 Å². The van der Waals surface area contributed by atoms with Gasteiger partial charge in [0.25, 0.3) is 0 Å². The fourth-order valence-electron chi connectivity index (χ4n) is 9.83. The van der Waals surface area contributed by atoms with Gasteiger partial charge in [-0.05, 0) is 114 Å². The lowest BCUT2D eigenvalue weighted by Crippen LogP contribution is -2.24. The second-order valence-corrected chi connectivity index (χ2v) is 24.1. The molecule has 0 atom stereocenters. The fourth-order valence-corrected chi connectivity index (χ4v) is 9.83. The highest BCUT2D eigenvalue weighted by Gasteiger charge is 2.29. The predicted molar refractivity (Wildman–Crippen MR) is 295 cm³/mol. The Balaban J connectivity index is 1.39. The highest BCUT2D eigenvalue weighted by molar-refractivity contribution is 5.60. The lowest BCUT2D eigenvalue weighted by atomic mass is 9.79. The molecule has 0 saturated carbocycles. The summed E-state index contributed by atoms with van der Waals surface area (Å²) < 4.78 is 31.7. The first kappa shape index (κ1) is 54.2. The van der Waals surface area contributed by atoms with Crippen LogP contribution < -0.4 is 29.6 Å².